The zero-order valence-corrected chi connectivity index (χ0v) is 12.2. The molecule has 0 aliphatic carbocycles. The van der Waals surface area contributed by atoms with Crippen LogP contribution >= 0.6 is 0 Å². The van der Waals surface area contributed by atoms with Crippen molar-refractivity contribution in [3.8, 4) is 5.75 Å². The van der Waals surface area contributed by atoms with Crippen LogP contribution in [0.3, 0.4) is 0 Å². The number of carbonyl (C=O) groups is 1. The number of rotatable bonds is 8. The van der Waals surface area contributed by atoms with E-state index in [0.717, 1.165) is 17.7 Å². The van der Waals surface area contributed by atoms with Crippen molar-refractivity contribution in [3.05, 3.63) is 69.8 Å². The van der Waals surface area contributed by atoms with Crippen molar-refractivity contribution in [1.82, 2.24) is 0 Å². The Morgan fingerprint density at radius 3 is 2.52 bits per heavy atom. The predicted octanol–water partition coefficient (Wildman–Crippen LogP) is 2.89. The first-order valence-corrected chi connectivity index (χ1v) is 6.84. The lowest BCUT2D eigenvalue weighted by Gasteiger charge is -2.08. The molecule has 0 heterocycles. The van der Waals surface area contributed by atoms with Crippen LogP contribution < -0.4 is 4.74 Å². The second-order valence-corrected chi connectivity index (χ2v) is 4.63. The molecule has 0 fully saturated rings. The van der Waals surface area contributed by atoms with Crippen molar-refractivity contribution in [1.29, 1.82) is 0 Å². The number of hydrogen-bond donors (Lipinski definition) is 1. The molecule has 0 radical (unpaired) electrons. The van der Waals surface area contributed by atoms with Gasteiger partial charge in [-0.25, -0.2) is 4.79 Å². The Bertz CT molecular complexity index is 686. The lowest BCUT2D eigenvalue weighted by molar-refractivity contribution is -0.385. The molecule has 0 spiro atoms. The highest BCUT2D eigenvalue weighted by atomic mass is 16.6. The minimum Gasteiger partial charge on any atom is -0.491 e. The first-order chi connectivity index (χ1) is 11.1. The number of carboxylic acid groups (broad SMARTS) is 1. The standard InChI is InChI=1S/C16H15NO6/c18-16(19)14-10-13(6-7-15(14)17(20)21)23-9-8-22-11-12-4-2-1-3-5-12/h1-7,10H,8-9,11H2,(H,18,19). The molecule has 0 saturated heterocycles. The summed E-state index contributed by atoms with van der Waals surface area (Å²) in [6.07, 6.45) is 0. The van der Waals surface area contributed by atoms with E-state index in [4.69, 9.17) is 14.6 Å². The van der Waals surface area contributed by atoms with Gasteiger partial charge in [0.05, 0.1) is 18.1 Å². The third-order valence-corrected chi connectivity index (χ3v) is 3.00. The van der Waals surface area contributed by atoms with Gasteiger partial charge in [-0.05, 0) is 11.6 Å². The van der Waals surface area contributed by atoms with Crippen LogP contribution in [-0.4, -0.2) is 29.2 Å². The van der Waals surface area contributed by atoms with Crippen molar-refractivity contribution < 1.29 is 24.3 Å². The normalized spacial score (nSPS) is 10.3. The molecule has 0 amide bonds. The summed E-state index contributed by atoms with van der Waals surface area (Å²) in [5, 5.41) is 19.7. The van der Waals surface area contributed by atoms with Gasteiger partial charge in [-0.15, -0.1) is 0 Å². The zero-order valence-electron chi connectivity index (χ0n) is 12.2. The molecule has 0 atom stereocenters. The van der Waals surface area contributed by atoms with Gasteiger partial charge in [0.25, 0.3) is 5.69 Å². The Labute approximate surface area is 132 Å². The van der Waals surface area contributed by atoms with E-state index in [1.165, 1.54) is 6.07 Å². The van der Waals surface area contributed by atoms with Gasteiger partial charge in [0.2, 0.25) is 0 Å². The maximum Gasteiger partial charge on any atom is 0.342 e. The molecule has 7 nitrogen and oxygen atoms in total. The van der Waals surface area contributed by atoms with E-state index in [2.05, 4.69) is 0 Å². The molecular formula is C16H15NO6. The summed E-state index contributed by atoms with van der Waals surface area (Å²) in [4.78, 5) is 21.0. The van der Waals surface area contributed by atoms with Gasteiger partial charge in [0.1, 0.15) is 17.9 Å². The van der Waals surface area contributed by atoms with Gasteiger partial charge in [-0.1, -0.05) is 30.3 Å². The number of aromatic carboxylic acids is 1. The zero-order chi connectivity index (χ0) is 16.7. The number of ether oxygens (including phenoxy) is 2. The van der Waals surface area contributed by atoms with E-state index >= 15 is 0 Å². The summed E-state index contributed by atoms with van der Waals surface area (Å²) >= 11 is 0. The molecule has 0 aliphatic heterocycles. The van der Waals surface area contributed by atoms with Crippen LogP contribution in [0.2, 0.25) is 0 Å². The second-order valence-electron chi connectivity index (χ2n) is 4.63. The molecule has 0 aliphatic rings. The Kier molecular flexibility index (Phi) is 5.65. The Morgan fingerprint density at radius 2 is 1.87 bits per heavy atom. The smallest absolute Gasteiger partial charge is 0.342 e. The Hall–Kier alpha value is -2.93. The fourth-order valence-corrected chi connectivity index (χ4v) is 1.92. The predicted molar refractivity (Wildman–Crippen MR) is 81.6 cm³/mol. The van der Waals surface area contributed by atoms with Gasteiger partial charge >= 0.3 is 5.97 Å². The minimum absolute atomic E-state index is 0.212. The van der Waals surface area contributed by atoms with Crippen LogP contribution in [0.4, 0.5) is 5.69 Å². The van der Waals surface area contributed by atoms with Crippen molar-refractivity contribution in [2.75, 3.05) is 13.2 Å². The van der Waals surface area contributed by atoms with Crippen LogP contribution in [0.1, 0.15) is 15.9 Å². The minimum atomic E-state index is -1.37. The molecule has 1 N–H and O–H groups in total. The van der Waals surface area contributed by atoms with Crippen molar-refractivity contribution in [3.63, 3.8) is 0 Å². The van der Waals surface area contributed by atoms with Gasteiger partial charge in [-0.2, -0.15) is 0 Å². The van der Waals surface area contributed by atoms with E-state index in [1.54, 1.807) is 0 Å². The molecule has 2 rings (SSSR count). The maximum absolute atomic E-state index is 11.0. The average molecular weight is 317 g/mol. The van der Waals surface area contributed by atoms with Crippen LogP contribution in [0.5, 0.6) is 5.75 Å². The number of benzene rings is 2. The first-order valence-electron chi connectivity index (χ1n) is 6.84. The van der Waals surface area contributed by atoms with E-state index in [0.29, 0.717) is 13.2 Å². The highest BCUT2D eigenvalue weighted by Crippen LogP contribution is 2.24. The molecule has 0 bridgehead atoms. The quantitative estimate of drug-likeness (QED) is 0.456. The molecule has 0 unspecified atom stereocenters. The van der Waals surface area contributed by atoms with E-state index in [-0.39, 0.29) is 12.4 Å². The topological polar surface area (TPSA) is 98.9 Å². The molecule has 2 aromatic rings. The number of nitrogens with zero attached hydrogens (tertiary/aromatic N) is 1. The van der Waals surface area contributed by atoms with Crippen LogP contribution in [0, 0.1) is 10.1 Å². The van der Waals surface area contributed by atoms with Gasteiger partial charge in [0, 0.05) is 12.1 Å². The van der Waals surface area contributed by atoms with Crippen LogP contribution in [-0.2, 0) is 11.3 Å². The van der Waals surface area contributed by atoms with Crippen molar-refractivity contribution in [2.24, 2.45) is 0 Å². The van der Waals surface area contributed by atoms with E-state index in [9.17, 15) is 14.9 Å². The van der Waals surface area contributed by atoms with Crippen molar-refractivity contribution in [2.45, 2.75) is 6.61 Å². The summed E-state index contributed by atoms with van der Waals surface area (Å²) in [6, 6.07) is 13.2. The maximum atomic E-state index is 11.0. The molecule has 0 aromatic heterocycles. The molecular weight excluding hydrogens is 302 g/mol. The lowest BCUT2D eigenvalue weighted by atomic mass is 10.1. The fourth-order valence-electron chi connectivity index (χ4n) is 1.92. The molecule has 23 heavy (non-hydrogen) atoms. The number of carboxylic acids is 1. The Morgan fingerprint density at radius 1 is 1.13 bits per heavy atom. The van der Waals surface area contributed by atoms with Gasteiger partial charge in [0.15, 0.2) is 0 Å². The summed E-state index contributed by atoms with van der Waals surface area (Å²) in [7, 11) is 0. The second kappa shape index (κ2) is 7.90. The summed E-state index contributed by atoms with van der Waals surface area (Å²) < 4.78 is 10.8. The fraction of sp³-hybridized carbons (Fsp3) is 0.188. The lowest BCUT2D eigenvalue weighted by Crippen LogP contribution is -2.08. The SMILES string of the molecule is O=C(O)c1cc(OCCOCc2ccccc2)ccc1[N+](=O)[O-]. The van der Waals surface area contributed by atoms with E-state index < -0.39 is 22.1 Å². The van der Waals surface area contributed by atoms with E-state index in [1.807, 2.05) is 30.3 Å². The van der Waals surface area contributed by atoms with Gasteiger partial charge < -0.3 is 14.6 Å². The number of nitro benzene ring substituents is 1. The molecule has 0 saturated carbocycles. The molecule has 120 valence electrons. The van der Waals surface area contributed by atoms with Crippen LogP contribution in [0.25, 0.3) is 0 Å². The Balaban J connectivity index is 1.85. The summed E-state index contributed by atoms with van der Waals surface area (Å²) in [5.41, 5.74) is 0.166. The molecule has 7 heteroatoms. The van der Waals surface area contributed by atoms with Gasteiger partial charge in [-0.3, -0.25) is 10.1 Å². The monoisotopic (exact) mass is 317 g/mol. The first kappa shape index (κ1) is 16.4. The number of nitro groups is 1. The van der Waals surface area contributed by atoms with Crippen LogP contribution in [0.15, 0.2) is 48.5 Å². The largest absolute Gasteiger partial charge is 0.491 e. The third-order valence-electron chi connectivity index (χ3n) is 3.00. The number of hydrogen-bond acceptors (Lipinski definition) is 5. The highest BCUT2D eigenvalue weighted by molar-refractivity contribution is 5.92. The third kappa shape index (κ3) is 4.79. The molecule has 2 aromatic carbocycles. The summed E-state index contributed by atoms with van der Waals surface area (Å²) in [6.45, 7) is 0.975. The van der Waals surface area contributed by atoms with Crippen molar-refractivity contribution >= 4 is 11.7 Å². The average Bonchev–Trinajstić information content (AvgIpc) is 2.55. The highest BCUT2D eigenvalue weighted by Gasteiger charge is 2.20. The summed E-state index contributed by atoms with van der Waals surface area (Å²) in [5.74, 6) is -1.13.